The van der Waals surface area contributed by atoms with Crippen LogP contribution in [0.2, 0.25) is 0 Å². The summed E-state index contributed by atoms with van der Waals surface area (Å²) in [5.41, 5.74) is 0. The van der Waals surface area contributed by atoms with Crippen molar-refractivity contribution in [3.8, 4) is 0 Å². The number of carbonyl (C=O) groups is 1. The van der Waals surface area contributed by atoms with Crippen molar-refractivity contribution in [1.82, 2.24) is 6.15 Å². The minimum absolute atomic E-state index is 0. The fourth-order valence-corrected chi connectivity index (χ4v) is 4.24. The number of rotatable bonds is 5. The third-order valence-electron chi connectivity index (χ3n) is 1.89. The van der Waals surface area contributed by atoms with Crippen molar-refractivity contribution in [2.24, 2.45) is 0 Å². The maximum absolute atomic E-state index is 10.2. The molecule has 1 atom stereocenters. The lowest BCUT2D eigenvalue weighted by molar-refractivity contribution is -0.137. The molecule has 0 radical (unpaired) electrons. The monoisotopic (exact) mass is 223 g/mol. The summed E-state index contributed by atoms with van der Waals surface area (Å²) >= 11 is 0. The van der Waals surface area contributed by atoms with Crippen LogP contribution < -0.4 is 6.15 Å². The Bertz CT molecular complexity index is 149. The second-order valence-electron chi connectivity index (χ2n) is 2.97. The van der Waals surface area contributed by atoms with Crippen molar-refractivity contribution in [2.45, 2.75) is 37.4 Å². The minimum Gasteiger partial charge on any atom is -0.481 e. The van der Waals surface area contributed by atoms with Crippen LogP contribution in [0.15, 0.2) is 0 Å². The summed E-state index contributed by atoms with van der Waals surface area (Å²) < 4.78 is 0. The van der Waals surface area contributed by atoms with Crippen LogP contribution in [-0.4, -0.2) is 22.1 Å². The molecular formula is C8H17NO2S2. The topological polar surface area (TPSA) is 72.3 Å². The Balaban J connectivity index is 0.00000144. The highest BCUT2D eigenvalue weighted by Gasteiger charge is 2.15. The van der Waals surface area contributed by atoms with Gasteiger partial charge in [-0.1, -0.05) is 28.0 Å². The van der Waals surface area contributed by atoms with E-state index in [2.05, 4.69) is 0 Å². The quantitative estimate of drug-likeness (QED) is 0.554. The number of unbranched alkanes of at least 4 members (excludes halogenated alkanes) is 1. The van der Waals surface area contributed by atoms with E-state index in [9.17, 15) is 4.79 Å². The normalized spacial score (nSPS) is 21.1. The van der Waals surface area contributed by atoms with Gasteiger partial charge in [0.25, 0.3) is 0 Å². The summed E-state index contributed by atoms with van der Waals surface area (Å²) in [4.78, 5) is 10.2. The highest BCUT2D eigenvalue weighted by Crippen LogP contribution is 2.39. The van der Waals surface area contributed by atoms with Crippen LogP contribution in [0.4, 0.5) is 0 Å². The van der Waals surface area contributed by atoms with Crippen molar-refractivity contribution in [3.05, 3.63) is 0 Å². The SMILES string of the molecule is N.O=C(O)CCCCC1CCSS1. The maximum atomic E-state index is 10.2. The Kier molecular flexibility index (Phi) is 7.60. The summed E-state index contributed by atoms with van der Waals surface area (Å²) in [6.07, 6.45) is 4.76. The maximum Gasteiger partial charge on any atom is 0.303 e. The Morgan fingerprint density at radius 3 is 2.77 bits per heavy atom. The van der Waals surface area contributed by atoms with Crippen LogP contribution in [0.1, 0.15) is 32.1 Å². The molecule has 0 aromatic rings. The van der Waals surface area contributed by atoms with Crippen molar-refractivity contribution in [3.63, 3.8) is 0 Å². The van der Waals surface area contributed by atoms with Gasteiger partial charge in [0, 0.05) is 17.4 Å². The summed E-state index contributed by atoms with van der Waals surface area (Å²) in [5.74, 6) is 0.609. The van der Waals surface area contributed by atoms with Crippen LogP contribution >= 0.6 is 21.6 Å². The molecule has 0 saturated carbocycles. The van der Waals surface area contributed by atoms with Gasteiger partial charge in [-0.2, -0.15) is 0 Å². The molecule has 1 rings (SSSR count). The highest BCUT2D eigenvalue weighted by molar-refractivity contribution is 8.77. The second kappa shape index (κ2) is 7.53. The van der Waals surface area contributed by atoms with Crippen molar-refractivity contribution >= 4 is 27.6 Å². The van der Waals surface area contributed by atoms with Gasteiger partial charge in [-0.25, -0.2) is 0 Å². The van der Waals surface area contributed by atoms with E-state index in [1.807, 2.05) is 21.6 Å². The van der Waals surface area contributed by atoms with E-state index in [0.29, 0.717) is 6.42 Å². The molecule has 4 N–H and O–H groups in total. The molecule has 0 spiro atoms. The zero-order valence-corrected chi connectivity index (χ0v) is 9.33. The first-order chi connectivity index (χ1) is 5.79. The molecule has 3 nitrogen and oxygen atoms in total. The van der Waals surface area contributed by atoms with E-state index in [1.165, 1.54) is 18.6 Å². The first kappa shape index (κ1) is 13.1. The van der Waals surface area contributed by atoms with Crippen molar-refractivity contribution < 1.29 is 9.90 Å². The number of carboxylic acid groups (broad SMARTS) is 1. The molecule has 1 fully saturated rings. The van der Waals surface area contributed by atoms with Crippen molar-refractivity contribution in [1.29, 1.82) is 0 Å². The molecule has 0 aliphatic carbocycles. The summed E-state index contributed by atoms with van der Waals surface area (Å²) in [5, 5.41) is 9.19. The molecule has 1 heterocycles. The number of carboxylic acids is 1. The molecule has 13 heavy (non-hydrogen) atoms. The van der Waals surface area contributed by atoms with Gasteiger partial charge in [0.2, 0.25) is 0 Å². The van der Waals surface area contributed by atoms with Gasteiger partial charge in [-0.15, -0.1) is 0 Å². The van der Waals surface area contributed by atoms with Gasteiger partial charge < -0.3 is 11.3 Å². The first-order valence-corrected chi connectivity index (χ1v) is 6.67. The van der Waals surface area contributed by atoms with E-state index >= 15 is 0 Å². The molecule has 0 aromatic heterocycles. The molecule has 1 saturated heterocycles. The molecule has 5 heteroatoms. The fourth-order valence-electron chi connectivity index (χ4n) is 1.21. The van der Waals surface area contributed by atoms with Gasteiger partial charge >= 0.3 is 5.97 Å². The lowest BCUT2D eigenvalue weighted by atomic mass is 10.1. The fraction of sp³-hybridized carbons (Fsp3) is 0.875. The van der Waals surface area contributed by atoms with Crippen molar-refractivity contribution in [2.75, 3.05) is 5.75 Å². The Morgan fingerprint density at radius 1 is 1.46 bits per heavy atom. The second-order valence-corrected chi connectivity index (χ2v) is 5.76. The summed E-state index contributed by atoms with van der Waals surface area (Å²) in [7, 11) is 3.92. The minimum atomic E-state index is -0.663. The number of hydrogen-bond donors (Lipinski definition) is 2. The predicted octanol–water partition coefficient (Wildman–Crippen LogP) is 2.95. The molecular weight excluding hydrogens is 206 g/mol. The largest absolute Gasteiger partial charge is 0.481 e. The van der Waals surface area contributed by atoms with E-state index in [0.717, 1.165) is 18.1 Å². The van der Waals surface area contributed by atoms with Gasteiger partial charge in [-0.05, 0) is 19.3 Å². The van der Waals surface area contributed by atoms with Gasteiger partial charge in [0.1, 0.15) is 0 Å². The third-order valence-corrected chi connectivity index (χ3v) is 4.90. The van der Waals surface area contributed by atoms with E-state index in [-0.39, 0.29) is 6.15 Å². The Morgan fingerprint density at radius 2 is 2.23 bits per heavy atom. The lowest BCUT2D eigenvalue weighted by Crippen LogP contribution is -1.99. The van der Waals surface area contributed by atoms with Crippen LogP contribution in [0.3, 0.4) is 0 Å². The molecule has 1 aliphatic heterocycles. The highest BCUT2D eigenvalue weighted by atomic mass is 33.1. The molecule has 0 bridgehead atoms. The van der Waals surface area contributed by atoms with Crippen LogP contribution in [-0.2, 0) is 4.79 Å². The lowest BCUT2D eigenvalue weighted by Gasteiger charge is -2.04. The van der Waals surface area contributed by atoms with Crippen LogP contribution in [0.25, 0.3) is 0 Å². The van der Waals surface area contributed by atoms with Gasteiger partial charge in [-0.3, -0.25) is 4.79 Å². The van der Waals surface area contributed by atoms with Crippen LogP contribution in [0, 0.1) is 0 Å². The van der Waals surface area contributed by atoms with Gasteiger partial charge in [0.05, 0.1) is 0 Å². The smallest absolute Gasteiger partial charge is 0.303 e. The molecule has 0 amide bonds. The zero-order valence-electron chi connectivity index (χ0n) is 7.70. The summed E-state index contributed by atoms with van der Waals surface area (Å²) in [6.45, 7) is 0. The summed E-state index contributed by atoms with van der Waals surface area (Å²) in [6, 6.07) is 0. The Hall–Kier alpha value is 0.130. The standard InChI is InChI=1S/C8H14O2S2.H3N/c9-8(10)4-2-1-3-7-5-6-11-12-7;/h7H,1-6H2,(H,9,10);1H3. The van der Waals surface area contributed by atoms with E-state index < -0.39 is 5.97 Å². The first-order valence-electron chi connectivity index (χ1n) is 4.29. The zero-order chi connectivity index (χ0) is 8.81. The third kappa shape index (κ3) is 6.23. The molecule has 1 unspecified atom stereocenters. The van der Waals surface area contributed by atoms with Crippen LogP contribution in [0.5, 0.6) is 0 Å². The Labute approximate surface area is 87.0 Å². The van der Waals surface area contributed by atoms with E-state index in [1.54, 1.807) is 0 Å². The molecule has 78 valence electrons. The van der Waals surface area contributed by atoms with Gasteiger partial charge in [0.15, 0.2) is 0 Å². The predicted molar refractivity (Wildman–Crippen MR) is 59.6 cm³/mol. The average molecular weight is 223 g/mol. The average Bonchev–Trinajstić information content (AvgIpc) is 2.49. The molecule has 0 aromatic carbocycles. The van der Waals surface area contributed by atoms with E-state index in [4.69, 9.17) is 5.11 Å². The number of hydrogen-bond acceptors (Lipinski definition) is 4. The molecule has 1 aliphatic rings. The number of aliphatic carboxylic acids is 1.